The van der Waals surface area contributed by atoms with E-state index < -0.39 is 0 Å². The molecule has 7 heteroatoms. The second-order valence-corrected chi connectivity index (χ2v) is 6.12. The molecule has 0 spiro atoms. The molecule has 1 aromatic heterocycles. The van der Waals surface area contributed by atoms with E-state index in [2.05, 4.69) is 20.6 Å². The molecule has 0 bridgehead atoms. The number of rotatable bonds is 8. The van der Waals surface area contributed by atoms with Crippen molar-refractivity contribution in [3.8, 4) is 5.75 Å². The maximum Gasteiger partial charge on any atom is 0.270 e. The molecule has 0 saturated heterocycles. The lowest BCUT2D eigenvalue weighted by Crippen LogP contribution is -2.24. The van der Waals surface area contributed by atoms with Crippen LogP contribution in [0.5, 0.6) is 5.75 Å². The van der Waals surface area contributed by atoms with E-state index in [0.29, 0.717) is 25.3 Å². The fourth-order valence-corrected chi connectivity index (χ4v) is 2.58. The number of nitrogens with one attached hydrogen (secondary N) is 2. The second kappa shape index (κ2) is 9.45. The van der Waals surface area contributed by atoms with Crippen LogP contribution >= 0.6 is 0 Å². The van der Waals surface area contributed by atoms with Crippen LogP contribution in [0.25, 0.3) is 0 Å². The molecule has 0 aliphatic carbocycles. The smallest absolute Gasteiger partial charge is 0.270 e. The molecule has 144 valence electrons. The van der Waals surface area contributed by atoms with Crippen LogP contribution in [0, 0.1) is 5.82 Å². The predicted octanol–water partition coefficient (Wildman–Crippen LogP) is 3.21. The van der Waals surface area contributed by atoms with Gasteiger partial charge in [0.1, 0.15) is 29.4 Å². The van der Waals surface area contributed by atoms with E-state index in [1.807, 2.05) is 24.3 Å². The van der Waals surface area contributed by atoms with Crippen molar-refractivity contribution in [2.45, 2.75) is 13.0 Å². The number of anilines is 1. The van der Waals surface area contributed by atoms with E-state index in [1.54, 1.807) is 25.3 Å². The summed E-state index contributed by atoms with van der Waals surface area (Å²) in [6.07, 6.45) is 2.06. The van der Waals surface area contributed by atoms with Crippen LogP contribution in [-0.4, -0.2) is 29.5 Å². The number of hydrogen-bond donors (Lipinski definition) is 2. The second-order valence-electron chi connectivity index (χ2n) is 6.12. The highest BCUT2D eigenvalue weighted by Gasteiger charge is 2.08. The standard InChI is InChI=1S/C21H21FN4O2/c1-28-18-8-4-16(5-9-18)13-24-21(27)19-12-20(26-14-25-19)23-11-10-15-2-6-17(22)7-3-15/h2-9,12,14H,10-11,13H2,1H3,(H,24,27)(H,23,25,26). The van der Waals surface area contributed by atoms with Crippen molar-refractivity contribution in [3.63, 3.8) is 0 Å². The number of aromatic nitrogens is 2. The van der Waals surface area contributed by atoms with Gasteiger partial charge in [0.25, 0.3) is 5.91 Å². The Labute approximate surface area is 162 Å². The van der Waals surface area contributed by atoms with Crippen LogP contribution in [0.3, 0.4) is 0 Å². The summed E-state index contributed by atoms with van der Waals surface area (Å²) in [4.78, 5) is 20.5. The number of methoxy groups -OCH3 is 1. The molecule has 3 aromatic rings. The van der Waals surface area contributed by atoms with Crippen LogP contribution < -0.4 is 15.4 Å². The first-order valence-corrected chi connectivity index (χ1v) is 8.85. The lowest BCUT2D eigenvalue weighted by Gasteiger charge is -2.08. The average Bonchev–Trinajstić information content (AvgIpc) is 2.74. The van der Waals surface area contributed by atoms with Crippen molar-refractivity contribution in [1.29, 1.82) is 0 Å². The number of halogens is 1. The van der Waals surface area contributed by atoms with Crippen molar-refractivity contribution in [3.05, 3.63) is 83.6 Å². The summed E-state index contributed by atoms with van der Waals surface area (Å²) in [6, 6.07) is 15.4. The van der Waals surface area contributed by atoms with Gasteiger partial charge in [0, 0.05) is 19.2 Å². The van der Waals surface area contributed by atoms with Gasteiger partial charge in [-0.15, -0.1) is 0 Å². The van der Waals surface area contributed by atoms with Gasteiger partial charge in [-0.2, -0.15) is 0 Å². The average molecular weight is 380 g/mol. The molecule has 28 heavy (non-hydrogen) atoms. The largest absolute Gasteiger partial charge is 0.497 e. The van der Waals surface area contributed by atoms with Crippen molar-refractivity contribution in [2.24, 2.45) is 0 Å². The molecule has 0 aliphatic heterocycles. The van der Waals surface area contributed by atoms with Crippen molar-refractivity contribution < 1.29 is 13.9 Å². The normalized spacial score (nSPS) is 10.4. The van der Waals surface area contributed by atoms with Gasteiger partial charge in [-0.25, -0.2) is 14.4 Å². The van der Waals surface area contributed by atoms with Crippen LogP contribution in [0.15, 0.2) is 60.9 Å². The molecule has 3 rings (SSSR count). The number of hydrogen-bond acceptors (Lipinski definition) is 5. The molecule has 6 nitrogen and oxygen atoms in total. The van der Waals surface area contributed by atoms with Gasteiger partial charge < -0.3 is 15.4 Å². The molecule has 0 atom stereocenters. The molecule has 1 heterocycles. The molecular weight excluding hydrogens is 359 g/mol. The Kier molecular flexibility index (Phi) is 6.51. The monoisotopic (exact) mass is 380 g/mol. The summed E-state index contributed by atoms with van der Waals surface area (Å²) < 4.78 is 18.0. The first-order chi connectivity index (χ1) is 13.6. The molecule has 2 N–H and O–H groups in total. The number of nitrogens with zero attached hydrogens (tertiary/aromatic N) is 2. The Hall–Kier alpha value is -3.48. The Morgan fingerprint density at radius 2 is 1.75 bits per heavy atom. The van der Waals surface area contributed by atoms with E-state index in [0.717, 1.165) is 16.9 Å². The zero-order valence-corrected chi connectivity index (χ0v) is 15.5. The van der Waals surface area contributed by atoms with Gasteiger partial charge in [-0.3, -0.25) is 4.79 Å². The minimum atomic E-state index is -0.278. The predicted molar refractivity (Wildman–Crippen MR) is 105 cm³/mol. The Morgan fingerprint density at radius 1 is 1.04 bits per heavy atom. The maximum atomic E-state index is 12.9. The number of benzene rings is 2. The third-order valence-electron chi connectivity index (χ3n) is 4.14. The molecule has 1 amide bonds. The summed E-state index contributed by atoms with van der Waals surface area (Å²) >= 11 is 0. The number of carbonyl (C=O) groups is 1. The van der Waals surface area contributed by atoms with E-state index in [9.17, 15) is 9.18 Å². The zero-order valence-electron chi connectivity index (χ0n) is 15.5. The molecule has 0 saturated carbocycles. The van der Waals surface area contributed by atoms with Gasteiger partial charge in [-0.1, -0.05) is 24.3 Å². The maximum absolute atomic E-state index is 12.9. The summed E-state index contributed by atoms with van der Waals surface area (Å²) in [5.41, 5.74) is 2.26. The molecule has 0 aliphatic rings. The highest BCUT2D eigenvalue weighted by atomic mass is 19.1. The molecule has 0 unspecified atom stereocenters. The van der Waals surface area contributed by atoms with E-state index in [-0.39, 0.29) is 17.4 Å². The summed E-state index contributed by atoms with van der Waals surface area (Å²) in [6.45, 7) is 0.996. The fraction of sp³-hybridized carbons (Fsp3) is 0.190. The van der Waals surface area contributed by atoms with Crippen LogP contribution in [-0.2, 0) is 13.0 Å². The lowest BCUT2D eigenvalue weighted by molar-refractivity contribution is 0.0946. The molecule has 2 aromatic carbocycles. The van der Waals surface area contributed by atoms with Crippen LogP contribution in [0.2, 0.25) is 0 Å². The van der Waals surface area contributed by atoms with Gasteiger partial charge in [0.2, 0.25) is 0 Å². The lowest BCUT2D eigenvalue weighted by atomic mass is 10.1. The van der Waals surface area contributed by atoms with Crippen molar-refractivity contribution >= 4 is 11.7 Å². The quantitative estimate of drug-likeness (QED) is 0.628. The Balaban J connectivity index is 1.51. The van der Waals surface area contributed by atoms with E-state index in [1.165, 1.54) is 18.5 Å². The van der Waals surface area contributed by atoms with E-state index in [4.69, 9.17) is 4.74 Å². The topological polar surface area (TPSA) is 76.1 Å². The minimum absolute atomic E-state index is 0.252. The highest BCUT2D eigenvalue weighted by Crippen LogP contribution is 2.11. The number of amides is 1. The van der Waals surface area contributed by atoms with Crippen LogP contribution in [0.4, 0.5) is 10.2 Å². The zero-order chi connectivity index (χ0) is 19.8. The Bertz CT molecular complexity index is 914. The molecular formula is C21H21FN4O2. The van der Waals surface area contributed by atoms with Crippen molar-refractivity contribution in [1.82, 2.24) is 15.3 Å². The van der Waals surface area contributed by atoms with Crippen LogP contribution in [0.1, 0.15) is 21.6 Å². The van der Waals surface area contributed by atoms with Gasteiger partial charge in [-0.05, 0) is 41.8 Å². The first-order valence-electron chi connectivity index (χ1n) is 8.85. The SMILES string of the molecule is COc1ccc(CNC(=O)c2cc(NCCc3ccc(F)cc3)ncn2)cc1. The third kappa shape index (κ3) is 5.51. The fourth-order valence-electron chi connectivity index (χ4n) is 2.58. The minimum Gasteiger partial charge on any atom is -0.497 e. The number of ether oxygens (including phenoxy) is 1. The van der Waals surface area contributed by atoms with Crippen molar-refractivity contribution in [2.75, 3.05) is 19.0 Å². The Morgan fingerprint density at radius 3 is 2.46 bits per heavy atom. The van der Waals surface area contributed by atoms with Gasteiger partial charge in [0.05, 0.1) is 7.11 Å². The van der Waals surface area contributed by atoms with Gasteiger partial charge in [0.15, 0.2) is 0 Å². The molecule has 0 fully saturated rings. The summed E-state index contributed by atoms with van der Waals surface area (Å²) in [7, 11) is 1.61. The summed E-state index contributed by atoms with van der Waals surface area (Å²) in [5.74, 6) is 0.798. The highest BCUT2D eigenvalue weighted by molar-refractivity contribution is 5.92. The summed E-state index contributed by atoms with van der Waals surface area (Å²) in [5, 5.41) is 5.98. The molecule has 0 radical (unpaired) electrons. The third-order valence-corrected chi connectivity index (χ3v) is 4.14. The van der Waals surface area contributed by atoms with Gasteiger partial charge >= 0.3 is 0 Å². The number of carbonyl (C=O) groups excluding carboxylic acids is 1. The first kappa shape index (κ1) is 19.3. The van der Waals surface area contributed by atoms with E-state index >= 15 is 0 Å².